The number of nitrogens with zero attached hydrogens (tertiary/aromatic N) is 4. The molecule has 1 aliphatic heterocycles. The van der Waals surface area contributed by atoms with E-state index < -0.39 is 10.0 Å². The first-order valence-corrected chi connectivity index (χ1v) is 12.8. The summed E-state index contributed by atoms with van der Waals surface area (Å²) in [7, 11) is -3.11. The van der Waals surface area contributed by atoms with Crippen LogP contribution in [-0.4, -0.2) is 65.6 Å². The van der Waals surface area contributed by atoms with Crippen LogP contribution in [0, 0.1) is 5.92 Å². The molecule has 2 aromatic heterocycles. The number of piperazine rings is 1. The largest absolute Gasteiger partial charge is 0.309 e. The van der Waals surface area contributed by atoms with E-state index in [1.54, 1.807) is 8.82 Å². The summed E-state index contributed by atoms with van der Waals surface area (Å²) in [5.41, 5.74) is 4.28. The Morgan fingerprint density at radius 3 is 2.47 bits per heavy atom. The fraction of sp³-hybridized carbons (Fsp3) is 0.391. The van der Waals surface area contributed by atoms with E-state index in [1.165, 1.54) is 11.8 Å². The molecule has 1 N–H and O–H groups in total. The minimum absolute atomic E-state index is 0.0525. The Labute approximate surface area is 187 Å². The first-order valence-electron chi connectivity index (χ1n) is 10.9. The van der Waals surface area contributed by atoms with E-state index in [4.69, 9.17) is 0 Å². The van der Waals surface area contributed by atoms with Crippen LogP contribution >= 0.6 is 0 Å². The lowest BCUT2D eigenvalue weighted by molar-refractivity contribution is -0.117. The molecule has 3 heterocycles. The summed E-state index contributed by atoms with van der Waals surface area (Å²) in [6.07, 6.45) is 5.08. The van der Waals surface area contributed by atoms with Gasteiger partial charge in [-0.25, -0.2) is 12.9 Å². The van der Waals surface area contributed by atoms with Gasteiger partial charge >= 0.3 is 0 Å². The van der Waals surface area contributed by atoms with Gasteiger partial charge in [-0.1, -0.05) is 30.3 Å². The van der Waals surface area contributed by atoms with Gasteiger partial charge in [-0.15, -0.1) is 0 Å². The summed E-state index contributed by atoms with van der Waals surface area (Å²) in [5, 5.41) is 7.42. The Kier molecular flexibility index (Phi) is 5.48. The Morgan fingerprint density at radius 2 is 1.81 bits per heavy atom. The number of amides is 1. The molecule has 8 nitrogen and oxygen atoms in total. The number of nitrogens with one attached hydrogen (secondary N) is 1. The molecule has 0 bridgehead atoms. The van der Waals surface area contributed by atoms with Crippen LogP contribution in [-0.2, 0) is 21.4 Å². The Balaban J connectivity index is 1.28. The standard InChI is InChI=1S/C23H27N5O3S/c1-32(30,31)27-13-11-26(12-14-27)16-17-4-6-18(7-5-17)20-3-2-10-28-21(20)15-22(25-28)24-23(29)19-8-9-19/h2-7,10,15,19H,8-9,11-14,16H2,1H3,(H,24,25,29). The van der Waals surface area contributed by atoms with Crippen molar-refractivity contribution < 1.29 is 13.2 Å². The highest BCUT2D eigenvalue weighted by molar-refractivity contribution is 7.88. The zero-order valence-electron chi connectivity index (χ0n) is 18.1. The van der Waals surface area contributed by atoms with E-state index in [1.807, 2.05) is 18.3 Å². The van der Waals surface area contributed by atoms with Gasteiger partial charge < -0.3 is 5.32 Å². The highest BCUT2D eigenvalue weighted by atomic mass is 32.2. The third kappa shape index (κ3) is 4.55. The predicted octanol–water partition coefficient (Wildman–Crippen LogP) is 2.43. The number of rotatable bonds is 6. The van der Waals surface area contributed by atoms with Crippen molar-refractivity contribution in [3.63, 3.8) is 0 Å². The maximum atomic E-state index is 12.1. The second-order valence-corrected chi connectivity index (χ2v) is 10.7. The summed E-state index contributed by atoms with van der Waals surface area (Å²) in [4.78, 5) is 14.4. The molecule has 1 amide bonds. The second-order valence-electron chi connectivity index (χ2n) is 8.68. The van der Waals surface area contributed by atoms with Crippen LogP contribution in [0.3, 0.4) is 0 Å². The average Bonchev–Trinajstić information content (AvgIpc) is 3.54. The molecule has 0 atom stereocenters. The third-order valence-corrected chi connectivity index (χ3v) is 7.48. The number of carbonyl (C=O) groups is 1. The second kappa shape index (κ2) is 8.31. The first kappa shape index (κ1) is 21.1. The quantitative estimate of drug-likeness (QED) is 0.620. The van der Waals surface area contributed by atoms with Crippen LogP contribution in [0.2, 0.25) is 0 Å². The van der Waals surface area contributed by atoms with Gasteiger partial charge in [0.15, 0.2) is 5.82 Å². The molecule has 1 saturated heterocycles. The fourth-order valence-corrected chi connectivity index (χ4v) is 4.99. The number of aromatic nitrogens is 2. The van der Waals surface area contributed by atoms with Crippen LogP contribution in [0.4, 0.5) is 5.82 Å². The highest BCUT2D eigenvalue weighted by Gasteiger charge is 2.30. The Bertz CT molecular complexity index is 1240. The van der Waals surface area contributed by atoms with Crippen molar-refractivity contribution in [2.24, 2.45) is 5.92 Å². The topological polar surface area (TPSA) is 87.0 Å². The predicted molar refractivity (Wildman–Crippen MR) is 124 cm³/mol. The van der Waals surface area contributed by atoms with Crippen molar-refractivity contribution in [3.05, 3.63) is 54.2 Å². The van der Waals surface area contributed by atoms with Gasteiger partial charge in [0.2, 0.25) is 15.9 Å². The number of sulfonamides is 1. The van der Waals surface area contributed by atoms with Gasteiger partial charge in [0.25, 0.3) is 0 Å². The SMILES string of the molecule is CS(=O)(=O)N1CCN(Cc2ccc(-c3cccn4nc(NC(=O)C5CC5)cc34)cc2)CC1. The number of hydrogen-bond donors (Lipinski definition) is 1. The normalized spacial score (nSPS) is 18.2. The molecule has 2 fully saturated rings. The highest BCUT2D eigenvalue weighted by Crippen LogP contribution is 2.31. The van der Waals surface area contributed by atoms with Crippen molar-refractivity contribution in [1.82, 2.24) is 18.8 Å². The number of hydrogen-bond acceptors (Lipinski definition) is 5. The van der Waals surface area contributed by atoms with E-state index in [2.05, 4.69) is 45.6 Å². The number of carbonyl (C=O) groups excluding carboxylic acids is 1. The van der Waals surface area contributed by atoms with E-state index in [9.17, 15) is 13.2 Å². The van der Waals surface area contributed by atoms with Gasteiger partial charge in [0.1, 0.15) is 0 Å². The first-order chi connectivity index (χ1) is 15.4. The molecular weight excluding hydrogens is 426 g/mol. The summed E-state index contributed by atoms with van der Waals surface area (Å²) < 4.78 is 26.7. The van der Waals surface area contributed by atoms with Gasteiger partial charge in [-0.2, -0.15) is 9.40 Å². The van der Waals surface area contributed by atoms with E-state index in [-0.39, 0.29) is 11.8 Å². The fourth-order valence-electron chi connectivity index (χ4n) is 4.16. The summed E-state index contributed by atoms with van der Waals surface area (Å²) >= 11 is 0. The molecule has 0 spiro atoms. The Morgan fingerprint density at radius 1 is 1.09 bits per heavy atom. The van der Waals surface area contributed by atoms with E-state index in [0.717, 1.165) is 49.1 Å². The van der Waals surface area contributed by atoms with Crippen molar-refractivity contribution in [2.75, 3.05) is 37.8 Å². The molecule has 32 heavy (non-hydrogen) atoms. The molecule has 1 aromatic carbocycles. The summed E-state index contributed by atoms with van der Waals surface area (Å²) in [6, 6.07) is 14.4. The maximum absolute atomic E-state index is 12.1. The van der Waals surface area contributed by atoms with Gasteiger partial charge in [0, 0.05) is 56.5 Å². The van der Waals surface area contributed by atoms with Crippen LogP contribution in [0.25, 0.3) is 16.6 Å². The minimum Gasteiger partial charge on any atom is -0.309 e. The number of fused-ring (bicyclic) bond motifs is 1. The van der Waals surface area contributed by atoms with Crippen LogP contribution in [0.1, 0.15) is 18.4 Å². The lowest BCUT2D eigenvalue weighted by Crippen LogP contribution is -2.47. The number of pyridine rings is 1. The van der Waals surface area contributed by atoms with Crippen molar-refractivity contribution >= 4 is 27.3 Å². The maximum Gasteiger partial charge on any atom is 0.228 e. The molecule has 1 aliphatic carbocycles. The number of anilines is 1. The molecular formula is C23H27N5O3S. The lowest BCUT2D eigenvalue weighted by Gasteiger charge is -2.33. The van der Waals surface area contributed by atoms with Gasteiger partial charge in [0.05, 0.1) is 11.8 Å². The summed E-state index contributed by atoms with van der Waals surface area (Å²) in [6.45, 7) is 3.35. The van der Waals surface area contributed by atoms with E-state index in [0.29, 0.717) is 18.9 Å². The van der Waals surface area contributed by atoms with Gasteiger partial charge in [-0.3, -0.25) is 9.69 Å². The molecule has 1 saturated carbocycles. The minimum atomic E-state index is -3.11. The van der Waals surface area contributed by atoms with Crippen LogP contribution in [0.15, 0.2) is 48.7 Å². The summed E-state index contributed by atoms with van der Waals surface area (Å²) in [5.74, 6) is 0.775. The van der Waals surface area contributed by atoms with Gasteiger partial charge in [-0.05, 0) is 30.0 Å². The van der Waals surface area contributed by atoms with Crippen molar-refractivity contribution in [3.8, 4) is 11.1 Å². The molecule has 2 aliphatic rings. The Hall–Kier alpha value is -2.75. The molecule has 0 radical (unpaired) electrons. The average molecular weight is 454 g/mol. The zero-order chi connectivity index (χ0) is 22.3. The molecule has 5 rings (SSSR count). The zero-order valence-corrected chi connectivity index (χ0v) is 18.9. The van der Waals surface area contributed by atoms with Crippen LogP contribution < -0.4 is 5.32 Å². The third-order valence-electron chi connectivity index (χ3n) is 6.17. The number of benzene rings is 1. The van der Waals surface area contributed by atoms with Crippen LogP contribution in [0.5, 0.6) is 0 Å². The van der Waals surface area contributed by atoms with Crippen molar-refractivity contribution in [2.45, 2.75) is 19.4 Å². The van der Waals surface area contributed by atoms with Crippen molar-refractivity contribution in [1.29, 1.82) is 0 Å². The van der Waals surface area contributed by atoms with E-state index >= 15 is 0 Å². The molecule has 0 unspecified atom stereocenters. The lowest BCUT2D eigenvalue weighted by atomic mass is 10.0. The molecule has 168 valence electrons. The monoisotopic (exact) mass is 453 g/mol. The smallest absolute Gasteiger partial charge is 0.228 e. The molecule has 9 heteroatoms. The molecule has 3 aromatic rings.